The molecule has 2 nitrogen and oxygen atoms in total. The van der Waals surface area contributed by atoms with Crippen LogP contribution in [0.2, 0.25) is 0 Å². The van der Waals surface area contributed by atoms with Gasteiger partial charge in [0.25, 0.3) is 0 Å². The molecule has 1 aromatic carbocycles. The summed E-state index contributed by atoms with van der Waals surface area (Å²) in [6.07, 6.45) is 2.62. The smallest absolute Gasteiger partial charge is 0.0795 e. The van der Waals surface area contributed by atoms with E-state index in [0.29, 0.717) is 12.1 Å². The van der Waals surface area contributed by atoms with Crippen molar-refractivity contribution in [2.45, 2.75) is 31.5 Å². The third-order valence-electron chi connectivity index (χ3n) is 4.06. The quantitative estimate of drug-likeness (QED) is 0.801. The maximum atomic E-state index is 4.42. The van der Waals surface area contributed by atoms with Gasteiger partial charge < -0.3 is 0 Å². The minimum absolute atomic E-state index is 0.637. The molecular formula is C14H14N2S. The zero-order chi connectivity index (χ0) is 11.2. The molecule has 17 heavy (non-hydrogen) atoms. The maximum absolute atomic E-state index is 4.42. The third kappa shape index (κ3) is 1.39. The Morgan fingerprint density at radius 2 is 1.88 bits per heavy atom. The Hall–Kier alpha value is -1.19. The number of thiazole rings is 1. The SMILES string of the molecule is c1ccc2c(c1)C1CCC2N1Cc1cscn1. The number of hydrogen-bond acceptors (Lipinski definition) is 3. The molecule has 0 radical (unpaired) electrons. The van der Waals surface area contributed by atoms with E-state index in [1.54, 1.807) is 22.5 Å². The fourth-order valence-electron chi connectivity index (χ4n) is 3.37. The van der Waals surface area contributed by atoms with Gasteiger partial charge in [-0.25, -0.2) is 4.98 Å². The molecule has 3 heteroatoms. The highest BCUT2D eigenvalue weighted by Crippen LogP contribution is 2.53. The number of benzene rings is 1. The maximum Gasteiger partial charge on any atom is 0.0795 e. The second-order valence-corrected chi connectivity index (χ2v) is 5.61. The van der Waals surface area contributed by atoms with Crippen molar-refractivity contribution in [3.63, 3.8) is 0 Å². The van der Waals surface area contributed by atoms with Crippen LogP contribution >= 0.6 is 11.3 Å². The molecule has 2 aliphatic rings. The number of hydrogen-bond donors (Lipinski definition) is 0. The fourth-order valence-corrected chi connectivity index (χ4v) is 3.92. The fraction of sp³-hybridized carbons (Fsp3) is 0.357. The standard InChI is InChI=1S/C14H14N2S/c1-2-4-12-11(3-1)13-5-6-14(12)16(13)7-10-8-17-9-15-10/h1-4,8-9,13-14H,5-7H2. The first-order valence-corrected chi connectivity index (χ1v) is 7.09. The molecule has 86 valence electrons. The van der Waals surface area contributed by atoms with Crippen molar-refractivity contribution in [3.8, 4) is 0 Å². The second kappa shape index (κ2) is 3.65. The van der Waals surface area contributed by atoms with E-state index in [0.717, 1.165) is 6.54 Å². The lowest BCUT2D eigenvalue weighted by atomic mass is 9.92. The van der Waals surface area contributed by atoms with E-state index in [1.165, 1.54) is 18.5 Å². The van der Waals surface area contributed by atoms with Crippen LogP contribution in [0.15, 0.2) is 35.2 Å². The van der Waals surface area contributed by atoms with Gasteiger partial charge in [0, 0.05) is 24.0 Å². The molecule has 2 atom stereocenters. The van der Waals surface area contributed by atoms with Gasteiger partial charge in [-0.2, -0.15) is 0 Å². The molecular weight excluding hydrogens is 228 g/mol. The average Bonchev–Trinajstić information content (AvgIpc) is 3.06. The highest BCUT2D eigenvalue weighted by molar-refractivity contribution is 7.07. The monoisotopic (exact) mass is 242 g/mol. The van der Waals surface area contributed by atoms with E-state index in [4.69, 9.17) is 0 Å². The Balaban J connectivity index is 1.69. The Bertz CT molecular complexity index is 504. The molecule has 1 fully saturated rings. The van der Waals surface area contributed by atoms with Gasteiger partial charge >= 0.3 is 0 Å². The van der Waals surface area contributed by atoms with Crippen LogP contribution in [0, 0.1) is 0 Å². The summed E-state index contributed by atoms with van der Waals surface area (Å²) >= 11 is 1.69. The van der Waals surface area contributed by atoms with Crippen LogP contribution in [0.5, 0.6) is 0 Å². The summed E-state index contributed by atoms with van der Waals surface area (Å²) in [7, 11) is 0. The van der Waals surface area contributed by atoms with E-state index < -0.39 is 0 Å². The number of fused-ring (bicyclic) bond motifs is 5. The van der Waals surface area contributed by atoms with Crippen LogP contribution in [-0.2, 0) is 6.54 Å². The minimum Gasteiger partial charge on any atom is -0.283 e. The summed E-state index contributed by atoms with van der Waals surface area (Å²) < 4.78 is 0. The molecule has 2 aromatic rings. The highest BCUT2D eigenvalue weighted by Gasteiger charge is 2.43. The first kappa shape index (κ1) is 9.80. The molecule has 2 aliphatic heterocycles. The van der Waals surface area contributed by atoms with Gasteiger partial charge in [0.1, 0.15) is 0 Å². The molecule has 0 saturated carbocycles. The van der Waals surface area contributed by atoms with E-state index in [1.807, 2.05) is 5.51 Å². The number of nitrogens with zero attached hydrogens (tertiary/aromatic N) is 2. The Labute approximate surface area is 105 Å². The topological polar surface area (TPSA) is 16.1 Å². The van der Waals surface area contributed by atoms with Gasteiger partial charge in [-0.3, -0.25) is 4.90 Å². The Morgan fingerprint density at radius 1 is 1.18 bits per heavy atom. The molecule has 2 bridgehead atoms. The lowest BCUT2D eigenvalue weighted by Crippen LogP contribution is -2.19. The zero-order valence-electron chi connectivity index (χ0n) is 9.54. The molecule has 0 amide bonds. The van der Waals surface area contributed by atoms with E-state index in [-0.39, 0.29) is 0 Å². The molecule has 0 spiro atoms. The van der Waals surface area contributed by atoms with Crippen molar-refractivity contribution >= 4 is 11.3 Å². The largest absolute Gasteiger partial charge is 0.283 e. The summed E-state index contributed by atoms with van der Waals surface area (Å²) in [5.41, 5.74) is 6.26. The van der Waals surface area contributed by atoms with E-state index in [2.05, 4.69) is 39.5 Å². The molecule has 2 unspecified atom stereocenters. The van der Waals surface area contributed by atoms with Gasteiger partial charge in [-0.05, 0) is 24.0 Å². The van der Waals surface area contributed by atoms with Crippen LogP contribution in [0.3, 0.4) is 0 Å². The Kier molecular flexibility index (Phi) is 2.11. The lowest BCUT2D eigenvalue weighted by Gasteiger charge is -2.20. The molecule has 0 aliphatic carbocycles. The molecule has 4 rings (SSSR count). The molecule has 0 N–H and O–H groups in total. The molecule has 1 aromatic heterocycles. The summed E-state index contributed by atoms with van der Waals surface area (Å²) in [6, 6.07) is 10.2. The molecule has 1 saturated heterocycles. The van der Waals surface area contributed by atoms with Crippen molar-refractivity contribution in [3.05, 3.63) is 52.0 Å². The van der Waals surface area contributed by atoms with Crippen molar-refractivity contribution in [2.75, 3.05) is 0 Å². The van der Waals surface area contributed by atoms with Gasteiger partial charge in [-0.15, -0.1) is 11.3 Å². The van der Waals surface area contributed by atoms with Crippen molar-refractivity contribution < 1.29 is 0 Å². The first-order valence-electron chi connectivity index (χ1n) is 6.15. The van der Waals surface area contributed by atoms with Gasteiger partial charge in [0.15, 0.2) is 0 Å². The van der Waals surface area contributed by atoms with Gasteiger partial charge in [-0.1, -0.05) is 24.3 Å². The Morgan fingerprint density at radius 3 is 2.47 bits per heavy atom. The van der Waals surface area contributed by atoms with Crippen LogP contribution in [0.1, 0.15) is 41.7 Å². The predicted molar refractivity (Wildman–Crippen MR) is 68.8 cm³/mol. The summed E-state index contributed by atoms with van der Waals surface area (Å²) in [6.45, 7) is 1.01. The van der Waals surface area contributed by atoms with Gasteiger partial charge in [0.05, 0.1) is 11.2 Å². The van der Waals surface area contributed by atoms with E-state index in [9.17, 15) is 0 Å². The van der Waals surface area contributed by atoms with Gasteiger partial charge in [0.2, 0.25) is 0 Å². The normalized spacial score (nSPS) is 26.4. The summed E-state index contributed by atoms with van der Waals surface area (Å²) in [5, 5.41) is 2.17. The zero-order valence-corrected chi connectivity index (χ0v) is 10.4. The molecule has 3 heterocycles. The van der Waals surface area contributed by atoms with Crippen molar-refractivity contribution in [2.24, 2.45) is 0 Å². The average molecular weight is 242 g/mol. The van der Waals surface area contributed by atoms with Crippen LogP contribution < -0.4 is 0 Å². The van der Waals surface area contributed by atoms with Crippen molar-refractivity contribution in [1.82, 2.24) is 9.88 Å². The third-order valence-corrected chi connectivity index (χ3v) is 4.69. The number of aromatic nitrogens is 1. The van der Waals surface area contributed by atoms with Crippen molar-refractivity contribution in [1.29, 1.82) is 0 Å². The summed E-state index contributed by atoms with van der Waals surface area (Å²) in [4.78, 5) is 7.04. The number of rotatable bonds is 2. The minimum atomic E-state index is 0.637. The second-order valence-electron chi connectivity index (χ2n) is 4.89. The highest BCUT2D eigenvalue weighted by atomic mass is 32.1. The predicted octanol–water partition coefficient (Wildman–Crippen LogP) is 3.53. The van der Waals surface area contributed by atoms with E-state index >= 15 is 0 Å². The van der Waals surface area contributed by atoms with Crippen LogP contribution in [0.4, 0.5) is 0 Å². The van der Waals surface area contributed by atoms with Crippen LogP contribution in [0.25, 0.3) is 0 Å². The first-order chi connectivity index (χ1) is 8.43. The summed E-state index contributed by atoms with van der Waals surface area (Å²) in [5.74, 6) is 0. The lowest BCUT2D eigenvalue weighted by molar-refractivity contribution is 0.212. The van der Waals surface area contributed by atoms with Crippen LogP contribution in [-0.4, -0.2) is 9.88 Å².